The number of carbonyl (C=O) groups excluding carboxylic acids is 1. The number of ether oxygens (including phenoxy) is 2. The van der Waals surface area contributed by atoms with E-state index in [0.29, 0.717) is 35.4 Å². The summed E-state index contributed by atoms with van der Waals surface area (Å²) in [5.74, 6) is 0.330. The first-order valence-electron chi connectivity index (χ1n) is 8.40. The van der Waals surface area contributed by atoms with Crippen LogP contribution in [0.5, 0.6) is 5.75 Å². The van der Waals surface area contributed by atoms with E-state index in [2.05, 4.69) is 15.1 Å². The van der Waals surface area contributed by atoms with Crippen molar-refractivity contribution in [2.45, 2.75) is 18.6 Å². The molecular weight excluding hydrogens is 364 g/mol. The van der Waals surface area contributed by atoms with Crippen molar-refractivity contribution in [2.75, 3.05) is 20.0 Å². The van der Waals surface area contributed by atoms with E-state index in [-0.39, 0.29) is 0 Å². The predicted octanol–water partition coefficient (Wildman–Crippen LogP) is 3.30. The summed E-state index contributed by atoms with van der Waals surface area (Å²) in [6, 6.07) is 11.1. The molecule has 27 heavy (non-hydrogen) atoms. The van der Waals surface area contributed by atoms with E-state index in [0.717, 1.165) is 11.3 Å². The molecule has 0 bridgehead atoms. The Morgan fingerprint density at radius 3 is 2.81 bits per heavy atom. The minimum Gasteiger partial charge on any atom is -0.497 e. The number of benzene rings is 1. The second-order valence-electron chi connectivity index (χ2n) is 5.57. The summed E-state index contributed by atoms with van der Waals surface area (Å²) >= 11 is 1.45. The zero-order valence-electron chi connectivity index (χ0n) is 15.4. The molecule has 0 spiro atoms. The zero-order chi connectivity index (χ0) is 19.2. The summed E-state index contributed by atoms with van der Waals surface area (Å²) in [6.07, 6.45) is 3.59. The molecule has 0 N–H and O–H groups in total. The van der Waals surface area contributed by atoms with Crippen molar-refractivity contribution in [2.24, 2.45) is 0 Å². The fourth-order valence-electron chi connectivity index (χ4n) is 2.56. The fourth-order valence-corrected chi connectivity index (χ4v) is 2.91. The normalized spacial score (nSPS) is 10.6. The van der Waals surface area contributed by atoms with Gasteiger partial charge in [-0.05, 0) is 36.9 Å². The quantitative estimate of drug-likeness (QED) is 0.351. The van der Waals surface area contributed by atoms with Gasteiger partial charge in [-0.25, -0.2) is 14.8 Å². The average molecular weight is 384 g/mol. The van der Waals surface area contributed by atoms with Gasteiger partial charge in [-0.3, -0.25) is 4.68 Å². The van der Waals surface area contributed by atoms with Crippen LogP contribution in [-0.4, -0.2) is 45.7 Å². The molecule has 8 heteroatoms. The van der Waals surface area contributed by atoms with Gasteiger partial charge in [-0.15, -0.1) is 0 Å². The lowest BCUT2D eigenvalue weighted by Gasteiger charge is -2.08. The van der Waals surface area contributed by atoms with Gasteiger partial charge in [0.2, 0.25) is 0 Å². The maximum absolute atomic E-state index is 12.4. The summed E-state index contributed by atoms with van der Waals surface area (Å²) in [6.45, 7) is 2.48. The molecule has 2 aromatic heterocycles. The molecule has 3 rings (SSSR count). The van der Waals surface area contributed by atoms with Crippen LogP contribution in [0.1, 0.15) is 23.0 Å². The van der Waals surface area contributed by atoms with Crippen LogP contribution < -0.4 is 4.74 Å². The van der Waals surface area contributed by atoms with Crippen LogP contribution in [0.2, 0.25) is 0 Å². The highest BCUT2D eigenvalue weighted by Gasteiger charge is 2.18. The number of hydrogen-bond donors (Lipinski definition) is 0. The van der Waals surface area contributed by atoms with Crippen molar-refractivity contribution in [3.63, 3.8) is 0 Å². The Labute approximate surface area is 161 Å². The van der Waals surface area contributed by atoms with Gasteiger partial charge in [-0.1, -0.05) is 23.9 Å². The summed E-state index contributed by atoms with van der Waals surface area (Å²) in [7, 11) is 1.62. The maximum Gasteiger partial charge on any atom is 0.356 e. The second kappa shape index (κ2) is 8.68. The van der Waals surface area contributed by atoms with Gasteiger partial charge < -0.3 is 9.47 Å². The predicted molar refractivity (Wildman–Crippen MR) is 103 cm³/mol. The van der Waals surface area contributed by atoms with Crippen molar-refractivity contribution in [3.05, 3.63) is 53.9 Å². The molecular formula is C19H20N4O3S. The van der Waals surface area contributed by atoms with Gasteiger partial charge in [0.15, 0.2) is 5.16 Å². The maximum atomic E-state index is 12.4. The molecule has 0 unspecified atom stereocenters. The van der Waals surface area contributed by atoms with Crippen LogP contribution in [0.25, 0.3) is 11.4 Å². The molecule has 2 heterocycles. The summed E-state index contributed by atoms with van der Waals surface area (Å²) in [4.78, 5) is 21.0. The van der Waals surface area contributed by atoms with Crippen LogP contribution in [0.15, 0.2) is 47.8 Å². The first-order chi connectivity index (χ1) is 13.1. The van der Waals surface area contributed by atoms with Crippen molar-refractivity contribution >= 4 is 17.7 Å². The number of rotatable bonds is 7. The number of thioether (sulfide) groups is 1. The summed E-state index contributed by atoms with van der Waals surface area (Å²) in [5, 5.41) is 5.23. The molecule has 0 aliphatic carbocycles. The second-order valence-corrected chi connectivity index (χ2v) is 6.35. The molecule has 0 fully saturated rings. The molecule has 0 aliphatic rings. The van der Waals surface area contributed by atoms with Crippen molar-refractivity contribution < 1.29 is 14.3 Å². The van der Waals surface area contributed by atoms with E-state index in [1.807, 2.05) is 30.5 Å². The molecule has 0 radical (unpaired) electrons. The molecule has 140 valence electrons. The smallest absolute Gasteiger partial charge is 0.356 e. The molecule has 0 amide bonds. The highest BCUT2D eigenvalue weighted by molar-refractivity contribution is 7.98. The molecule has 0 aliphatic heterocycles. The average Bonchev–Trinajstić information content (AvgIpc) is 3.12. The van der Waals surface area contributed by atoms with Crippen molar-refractivity contribution in [1.29, 1.82) is 0 Å². The van der Waals surface area contributed by atoms with Gasteiger partial charge in [-0.2, -0.15) is 5.10 Å². The number of carbonyl (C=O) groups is 1. The van der Waals surface area contributed by atoms with Crippen LogP contribution in [0.4, 0.5) is 0 Å². The molecule has 0 saturated carbocycles. The van der Waals surface area contributed by atoms with E-state index in [9.17, 15) is 4.79 Å². The van der Waals surface area contributed by atoms with Gasteiger partial charge >= 0.3 is 5.97 Å². The van der Waals surface area contributed by atoms with Crippen LogP contribution in [0, 0.1) is 0 Å². The number of esters is 1. The number of aromatic nitrogens is 4. The molecule has 0 saturated heterocycles. The lowest BCUT2D eigenvalue weighted by Crippen LogP contribution is -2.14. The van der Waals surface area contributed by atoms with Gasteiger partial charge in [0.25, 0.3) is 0 Å². The minimum atomic E-state index is -0.418. The fraction of sp³-hybridized carbons (Fsp3) is 0.263. The van der Waals surface area contributed by atoms with Crippen LogP contribution in [0.3, 0.4) is 0 Å². The van der Waals surface area contributed by atoms with E-state index < -0.39 is 5.97 Å². The minimum absolute atomic E-state index is 0.294. The summed E-state index contributed by atoms with van der Waals surface area (Å²) < 4.78 is 12.1. The van der Waals surface area contributed by atoms with E-state index >= 15 is 0 Å². The molecule has 0 atom stereocenters. The van der Waals surface area contributed by atoms with Gasteiger partial charge in [0.1, 0.15) is 17.1 Å². The SMILES string of the molecule is CCOC(=O)c1cc(-c2ccnc(SC)n2)nn1Cc1cccc(OC)c1. The highest BCUT2D eigenvalue weighted by atomic mass is 32.2. The van der Waals surface area contributed by atoms with E-state index in [1.54, 1.807) is 37.0 Å². The lowest BCUT2D eigenvalue weighted by molar-refractivity contribution is 0.0512. The van der Waals surface area contributed by atoms with Gasteiger partial charge in [0.05, 0.1) is 26.0 Å². The van der Waals surface area contributed by atoms with Crippen molar-refractivity contribution in [3.8, 4) is 17.1 Å². The summed E-state index contributed by atoms with van der Waals surface area (Å²) in [5.41, 5.74) is 2.59. The van der Waals surface area contributed by atoms with Gasteiger partial charge in [0, 0.05) is 12.3 Å². The first kappa shape index (κ1) is 18.9. The Balaban J connectivity index is 1.99. The Hall–Kier alpha value is -2.87. The third-order valence-electron chi connectivity index (χ3n) is 3.81. The highest BCUT2D eigenvalue weighted by Crippen LogP contribution is 2.21. The van der Waals surface area contributed by atoms with E-state index in [1.165, 1.54) is 11.8 Å². The third-order valence-corrected chi connectivity index (χ3v) is 4.37. The number of methoxy groups -OCH3 is 1. The molecule has 1 aromatic carbocycles. The zero-order valence-corrected chi connectivity index (χ0v) is 16.2. The molecule has 7 nitrogen and oxygen atoms in total. The standard InChI is InChI=1S/C19H20N4O3S/c1-4-26-18(24)17-11-16(15-8-9-20-19(21-15)27-3)22-23(17)12-13-6-5-7-14(10-13)25-2/h5-11H,4,12H2,1-3H3. The number of hydrogen-bond acceptors (Lipinski definition) is 7. The Morgan fingerprint density at radius 1 is 1.22 bits per heavy atom. The monoisotopic (exact) mass is 384 g/mol. The van der Waals surface area contributed by atoms with Crippen molar-refractivity contribution in [1.82, 2.24) is 19.7 Å². The van der Waals surface area contributed by atoms with Crippen LogP contribution in [-0.2, 0) is 11.3 Å². The van der Waals surface area contributed by atoms with Crippen LogP contribution >= 0.6 is 11.8 Å². The Morgan fingerprint density at radius 2 is 2.07 bits per heavy atom. The number of nitrogens with zero attached hydrogens (tertiary/aromatic N) is 4. The largest absolute Gasteiger partial charge is 0.497 e. The van der Waals surface area contributed by atoms with E-state index in [4.69, 9.17) is 9.47 Å². The topological polar surface area (TPSA) is 79.1 Å². The molecule has 3 aromatic rings. The lowest BCUT2D eigenvalue weighted by atomic mass is 10.2. The Bertz CT molecular complexity index is 942. The Kier molecular flexibility index (Phi) is 6.08. The first-order valence-corrected chi connectivity index (χ1v) is 9.62. The third kappa shape index (κ3) is 4.46.